The Morgan fingerprint density at radius 2 is 0.370 bits per heavy atom. The summed E-state index contributed by atoms with van der Waals surface area (Å²) in [7, 11) is 8.66. The predicted octanol–water partition coefficient (Wildman–Crippen LogP) is 24.4. The van der Waals surface area contributed by atoms with Crippen LogP contribution in [0.3, 0.4) is 0 Å². The summed E-state index contributed by atoms with van der Waals surface area (Å²) in [5, 5.41) is 17.2. The zero-order valence-corrected chi connectivity index (χ0v) is 58.8. The Bertz CT molecular complexity index is 925. The Hall–Kier alpha value is -0.280. The van der Waals surface area contributed by atoms with E-state index in [2.05, 4.69) is 91.4 Å². The lowest BCUT2D eigenvalue weighted by atomic mass is 10.0. The van der Waals surface area contributed by atoms with Crippen LogP contribution in [0.15, 0.2) is 0 Å². The molecule has 0 aromatic heterocycles. The first-order valence-corrected chi connectivity index (χ1v) is 37.4. The normalized spacial score (nSPS) is 11.2. The molecule has 0 saturated heterocycles. The van der Waals surface area contributed by atoms with E-state index in [0.29, 0.717) is 6.54 Å². The van der Waals surface area contributed by atoms with E-state index in [-0.39, 0.29) is 5.23 Å². The van der Waals surface area contributed by atoms with Gasteiger partial charge in [0, 0.05) is 0 Å². The summed E-state index contributed by atoms with van der Waals surface area (Å²) in [5.41, 5.74) is 5.45. The average Bonchev–Trinajstić information content (AvgIpc) is 3.45. The molecule has 7 heteroatoms. The van der Waals surface area contributed by atoms with Gasteiger partial charge >= 0.3 is 0 Å². The van der Waals surface area contributed by atoms with Gasteiger partial charge in [0.05, 0.1) is 6.54 Å². The molecule has 0 radical (unpaired) electrons. The SMILES string of the molecule is CCCCCCCCCCCCCCCCN(C)C.CCCCCCCCCCCCCCN.CCCCCCCCCCCCN(C)C.CCCCCCCCCCCCN(CC)CC.CCCCCCCCCCCCN(O)O. The number of unbranched alkanes of at least 4 members (excludes halogenated alkanes) is 51. The van der Waals surface area contributed by atoms with Crippen molar-refractivity contribution in [3.63, 3.8) is 0 Å². The fraction of sp³-hybridized carbons (Fsp3) is 1.00. The first-order chi connectivity index (χ1) is 39.6. The number of nitrogens with two attached hydrogens (primary N) is 1. The van der Waals surface area contributed by atoms with Crippen LogP contribution in [0, 0.1) is 0 Å². The van der Waals surface area contributed by atoms with E-state index in [0.717, 1.165) is 19.4 Å². The van der Waals surface area contributed by atoms with E-state index in [1.807, 2.05) is 0 Å². The maximum atomic E-state index is 8.46. The summed E-state index contributed by atoms with van der Waals surface area (Å²) in [6.45, 7) is 23.4. The minimum atomic E-state index is 0.282. The summed E-state index contributed by atoms with van der Waals surface area (Å²) in [6.07, 6.45) is 78.7. The molecule has 0 unspecified atom stereocenters. The summed E-state index contributed by atoms with van der Waals surface area (Å²) in [4.78, 5) is 7.11. The van der Waals surface area contributed by atoms with E-state index in [1.165, 1.54) is 379 Å². The molecule has 0 heterocycles. The Labute approximate surface area is 515 Å². The molecular formula is C74H163N5O2. The molecule has 0 fully saturated rings. The molecule has 0 aromatic carbocycles. The third kappa shape index (κ3) is 105. The minimum absolute atomic E-state index is 0.282. The van der Waals surface area contributed by atoms with Crippen molar-refractivity contribution in [2.24, 2.45) is 5.73 Å². The van der Waals surface area contributed by atoms with Crippen molar-refractivity contribution in [3.8, 4) is 0 Å². The summed E-state index contributed by atoms with van der Waals surface area (Å²) < 4.78 is 0. The van der Waals surface area contributed by atoms with E-state index < -0.39 is 0 Å². The second-order valence-corrected chi connectivity index (χ2v) is 25.5. The van der Waals surface area contributed by atoms with Crippen molar-refractivity contribution >= 4 is 0 Å². The van der Waals surface area contributed by atoms with Gasteiger partial charge in [-0.15, -0.1) is 0 Å². The maximum Gasteiger partial charge on any atom is 0.0512 e. The first kappa shape index (κ1) is 89.5. The van der Waals surface area contributed by atoms with E-state index in [9.17, 15) is 0 Å². The molecule has 0 aromatic rings. The molecular weight excluding hydrogens is 991 g/mol. The molecule has 81 heavy (non-hydrogen) atoms. The first-order valence-electron chi connectivity index (χ1n) is 37.4. The van der Waals surface area contributed by atoms with Gasteiger partial charge in [0.1, 0.15) is 0 Å². The van der Waals surface area contributed by atoms with E-state index >= 15 is 0 Å². The highest BCUT2D eigenvalue weighted by Crippen LogP contribution is 2.16. The molecule has 0 atom stereocenters. The lowest BCUT2D eigenvalue weighted by Crippen LogP contribution is -2.23. The molecule has 0 aliphatic heterocycles. The van der Waals surface area contributed by atoms with Crippen molar-refractivity contribution in [1.82, 2.24) is 19.9 Å². The van der Waals surface area contributed by atoms with Crippen molar-refractivity contribution in [1.29, 1.82) is 0 Å². The number of hydroxylamine groups is 2. The second kappa shape index (κ2) is 88.5. The zero-order valence-electron chi connectivity index (χ0n) is 58.8. The van der Waals surface area contributed by atoms with Crippen LogP contribution in [0.25, 0.3) is 0 Å². The topological polar surface area (TPSA) is 79.4 Å². The lowest BCUT2D eigenvalue weighted by molar-refractivity contribution is -0.306. The lowest BCUT2D eigenvalue weighted by Gasteiger charge is -2.17. The van der Waals surface area contributed by atoms with Crippen LogP contribution in [0.2, 0.25) is 0 Å². The number of hydrogen-bond acceptors (Lipinski definition) is 7. The highest BCUT2D eigenvalue weighted by Gasteiger charge is 2.00. The molecule has 0 aliphatic carbocycles. The molecule has 0 amide bonds. The molecule has 0 rings (SSSR count). The molecule has 0 saturated carbocycles. The van der Waals surface area contributed by atoms with Crippen LogP contribution in [0.5, 0.6) is 0 Å². The number of nitrogens with zero attached hydrogens (tertiary/aromatic N) is 4. The quantitative estimate of drug-likeness (QED) is 0.0414. The summed E-state index contributed by atoms with van der Waals surface area (Å²) in [5.74, 6) is 0. The Kier molecular flexibility index (Phi) is 97.7. The molecule has 0 aliphatic rings. The fourth-order valence-electron chi connectivity index (χ4n) is 10.6. The van der Waals surface area contributed by atoms with Crippen LogP contribution in [0.1, 0.15) is 408 Å². The van der Waals surface area contributed by atoms with Crippen molar-refractivity contribution in [2.45, 2.75) is 408 Å². The predicted molar refractivity (Wildman–Crippen MR) is 371 cm³/mol. The van der Waals surface area contributed by atoms with Crippen LogP contribution < -0.4 is 5.73 Å². The number of rotatable bonds is 62. The van der Waals surface area contributed by atoms with Gasteiger partial charge in [0.25, 0.3) is 0 Å². The largest absolute Gasteiger partial charge is 0.330 e. The van der Waals surface area contributed by atoms with Crippen molar-refractivity contribution in [2.75, 3.05) is 74.0 Å². The zero-order chi connectivity index (χ0) is 60.9. The van der Waals surface area contributed by atoms with Gasteiger partial charge in [-0.2, -0.15) is 0 Å². The van der Waals surface area contributed by atoms with Crippen LogP contribution >= 0.6 is 0 Å². The molecule has 4 N–H and O–H groups in total. The highest BCUT2D eigenvalue weighted by molar-refractivity contribution is 4.56. The maximum absolute atomic E-state index is 8.46. The standard InChI is InChI=1S/C18H39N.C16H35N.2C14H31N.C12H27NO2/c1-4-5-6-7-8-9-10-11-12-13-14-15-16-17-18-19(2)3;1-4-7-8-9-10-11-12-13-14-15-16-17(5-2)6-3;1-4-5-6-7-8-9-10-11-12-13-14-15(2)3;1-2-3-4-5-6-7-8-9-10-11-12-13-14-15;1-2-3-4-5-6-7-8-9-10-11-12-13(14)15/h4-18H2,1-3H3;4-16H2,1-3H3;4-14H2,1-3H3;2-15H2,1H3;14-15H,2-12H2,1H3. The smallest absolute Gasteiger partial charge is 0.0512 e. The molecule has 496 valence electrons. The van der Waals surface area contributed by atoms with E-state index in [4.69, 9.17) is 16.1 Å². The van der Waals surface area contributed by atoms with Crippen LogP contribution in [-0.2, 0) is 0 Å². The van der Waals surface area contributed by atoms with Gasteiger partial charge in [0.15, 0.2) is 0 Å². The molecule has 0 bridgehead atoms. The average molecular weight is 1160 g/mol. The van der Waals surface area contributed by atoms with Crippen molar-refractivity contribution < 1.29 is 10.4 Å². The Balaban J connectivity index is -0.000000298. The monoisotopic (exact) mass is 1150 g/mol. The van der Waals surface area contributed by atoms with Gasteiger partial charge in [-0.25, -0.2) is 0 Å². The molecule has 0 spiro atoms. The minimum Gasteiger partial charge on any atom is -0.330 e. The Morgan fingerprint density at radius 3 is 0.531 bits per heavy atom. The van der Waals surface area contributed by atoms with E-state index in [1.54, 1.807) is 0 Å². The fourth-order valence-corrected chi connectivity index (χ4v) is 10.6. The Morgan fingerprint density at radius 1 is 0.210 bits per heavy atom. The van der Waals surface area contributed by atoms with Gasteiger partial charge in [-0.3, -0.25) is 10.4 Å². The van der Waals surface area contributed by atoms with Gasteiger partial charge in [0.2, 0.25) is 0 Å². The van der Waals surface area contributed by atoms with Crippen LogP contribution in [0.4, 0.5) is 0 Å². The van der Waals surface area contributed by atoms with Gasteiger partial charge in [-0.1, -0.05) is 381 Å². The molecule has 7 nitrogen and oxygen atoms in total. The number of hydrogen-bond donors (Lipinski definition) is 3. The van der Waals surface area contributed by atoms with Crippen LogP contribution in [-0.4, -0.2) is 104 Å². The summed E-state index contributed by atoms with van der Waals surface area (Å²) in [6, 6.07) is 0. The highest BCUT2D eigenvalue weighted by atomic mass is 16.8. The summed E-state index contributed by atoms with van der Waals surface area (Å²) >= 11 is 0. The third-order valence-electron chi connectivity index (χ3n) is 16.4. The van der Waals surface area contributed by atoms with Gasteiger partial charge in [-0.05, 0) is 99.6 Å². The third-order valence-corrected chi connectivity index (χ3v) is 16.4. The second-order valence-electron chi connectivity index (χ2n) is 25.5. The van der Waals surface area contributed by atoms with Crippen molar-refractivity contribution in [3.05, 3.63) is 0 Å². The van der Waals surface area contributed by atoms with Gasteiger partial charge < -0.3 is 20.4 Å².